The summed E-state index contributed by atoms with van der Waals surface area (Å²) >= 11 is 1.37. The van der Waals surface area contributed by atoms with Crippen LogP contribution >= 0.6 is 11.3 Å². The number of aromatic nitrogens is 3. The molecule has 0 radical (unpaired) electrons. The first-order chi connectivity index (χ1) is 9.72. The molecule has 0 aliphatic heterocycles. The van der Waals surface area contributed by atoms with E-state index < -0.39 is 0 Å². The summed E-state index contributed by atoms with van der Waals surface area (Å²) < 4.78 is 0. The summed E-state index contributed by atoms with van der Waals surface area (Å²) in [6, 6.07) is 8.64. The Balaban J connectivity index is 1.76. The number of carbonyl (C=O) groups excluding carboxylic acids is 1. The van der Waals surface area contributed by atoms with Crippen LogP contribution in [0.2, 0.25) is 0 Å². The Bertz CT molecular complexity index is 771. The zero-order valence-corrected chi connectivity index (χ0v) is 11.0. The molecular weight excluding hydrogens is 276 g/mol. The Kier molecular flexibility index (Phi) is 3.18. The molecule has 2 aromatic heterocycles. The Morgan fingerprint density at radius 3 is 2.60 bits per heavy atom. The fourth-order valence-electron chi connectivity index (χ4n) is 1.74. The zero-order valence-electron chi connectivity index (χ0n) is 10.2. The van der Waals surface area contributed by atoms with Gasteiger partial charge in [0.2, 0.25) is 0 Å². The third kappa shape index (κ3) is 2.52. The SMILES string of the molecule is O=C(Nc1ccc(-c2cc(=O)[nH][nH]2)cc1)c1cscn1. The Hall–Kier alpha value is -2.67. The molecule has 1 aromatic carbocycles. The molecule has 3 N–H and O–H groups in total. The predicted octanol–water partition coefficient (Wildman–Crippen LogP) is 2.08. The van der Waals surface area contributed by atoms with Gasteiger partial charge in [0.15, 0.2) is 0 Å². The van der Waals surface area contributed by atoms with Gasteiger partial charge in [-0.1, -0.05) is 12.1 Å². The van der Waals surface area contributed by atoms with E-state index in [0.717, 1.165) is 5.56 Å². The molecular formula is C13H10N4O2S. The van der Waals surface area contributed by atoms with Crippen molar-refractivity contribution in [2.24, 2.45) is 0 Å². The van der Waals surface area contributed by atoms with Gasteiger partial charge in [-0.2, -0.15) is 0 Å². The largest absolute Gasteiger partial charge is 0.321 e. The average Bonchev–Trinajstić information content (AvgIpc) is 3.10. The fourth-order valence-corrected chi connectivity index (χ4v) is 2.27. The number of rotatable bonds is 3. The maximum atomic E-state index is 11.8. The van der Waals surface area contributed by atoms with E-state index >= 15 is 0 Å². The normalized spacial score (nSPS) is 10.4. The first kappa shape index (κ1) is 12.4. The highest BCUT2D eigenvalue weighted by Gasteiger charge is 2.08. The van der Waals surface area contributed by atoms with Crippen LogP contribution in [0.25, 0.3) is 11.3 Å². The number of hydrogen-bond acceptors (Lipinski definition) is 4. The number of nitrogens with zero attached hydrogens (tertiary/aromatic N) is 1. The Labute approximate surface area is 117 Å². The molecule has 3 aromatic rings. The monoisotopic (exact) mass is 286 g/mol. The van der Waals surface area contributed by atoms with Gasteiger partial charge in [0.1, 0.15) is 5.69 Å². The predicted molar refractivity (Wildman–Crippen MR) is 76.9 cm³/mol. The molecule has 0 saturated carbocycles. The smallest absolute Gasteiger partial charge is 0.275 e. The number of amides is 1. The lowest BCUT2D eigenvalue weighted by Gasteiger charge is -2.04. The van der Waals surface area contributed by atoms with Crippen molar-refractivity contribution in [1.29, 1.82) is 0 Å². The summed E-state index contributed by atoms with van der Waals surface area (Å²) in [6.45, 7) is 0. The summed E-state index contributed by atoms with van der Waals surface area (Å²) in [5, 5.41) is 9.69. The van der Waals surface area contributed by atoms with E-state index in [-0.39, 0.29) is 11.5 Å². The number of carbonyl (C=O) groups is 1. The summed E-state index contributed by atoms with van der Waals surface area (Å²) in [4.78, 5) is 26.8. The molecule has 20 heavy (non-hydrogen) atoms. The molecule has 0 aliphatic rings. The minimum Gasteiger partial charge on any atom is -0.321 e. The van der Waals surface area contributed by atoms with Gasteiger partial charge in [0, 0.05) is 17.1 Å². The molecule has 7 heteroatoms. The summed E-state index contributed by atoms with van der Waals surface area (Å²) in [5.41, 5.74) is 4.06. The number of hydrogen-bond donors (Lipinski definition) is 3. The maximum absolute atomic E-state index is 11.8. The molecule has 6 nitrogen and oxygen atoms in total. The minimum atomic E-state index is -0.242. The van der Waals surface area contributed by atoms with Crippen LogP contribution in [0.3, 0.4) is 0 Å². The van der Waals surface area contributed by atoms with Crippen molar-refractivity contribution in [2.75, 3.05) is 5.32 Å². The van der Waals surface area contributed by atoms with Crippen molar-refractivity contribution >= 4 is 22.9 Å². The molecule has 1 amide bonds. The lowest BCUT2D eigenvalue weighted by Crippen LogP contribution is -2.11. The van der Waals surface area contributed by atoms with Crippen molar-refractivity contribution in [3.63, 3.8) is 0 Å². The van der Waals surface area contributed by atoms with Crippen LogP contribution in [0.4, 0.5) is 5.69 Å². The third-order valence-corrected chi connectivity index (χ3v) is 3.30. The molecule has 2 heterocycles. The van der Waals surface area contributed by atoms with Gasteiger partial charge in [0.05, 0.1) is 11.2 Å². The van der Waals surface area contributed by atoms with E-state index in [1.165, 1.54) is 17.4 Å². The quantitative estimate of drug-likeness (QED) is 0.688. The van der Waals surface area contributed by atoms with Crippen LogP contribution in [0, 0.1) is 0 Å². The van der Waals surface area contributed by atoms with Gasteiger partial charge in [-0.05, 0) is 17.7 Å². The third-order valence-electron chi connectivity index (χ3n) is 2.71. The topological polar surface area (TPSA) is 90.6 Å². The number of aromatic amines is 2. The van der Waals surface area contributed by atoms with Gasteiger partial charge in [-0.15, -0.1) is 11.3 Å². The summed E-state index contributed by atoms with van der Waals surface area (Å²) in [6.07, 6.45) is 0. The molecule has 0 bridgehead atoms. The number of benzene rings is 1. The lowest BCUT2D eigenvalue weighted by molar-refractivity contribution is 0.102. The summed E-state index contributed by atoms with van der Waals surface area (Å²) in [7, 11) is 0. The molecule has 0 unspecified atom stereocenters. The zero-order chi connectivity index (χ0) is 13.9. The van der Waals surface area contributed by atoms with Gasteiger partial charge in [0.25, 0.3) is 11.5 Å². The average molecular weight is 286 g/mol. The van der Waals surface area contributed by atoms with E-state index in [1.54, 1.807) is 23.0 Å². The molecule has 3 rings (SSSR count). The van der Waals surface area contributed by atoms with Crippen molar-refractivity contribution in [1.82, 2.24) is 15.2 Å². The van der Waals surface area contributed by atoms with E-state index in [4.69, 9.17) is 0 Å². The number of H-pyrrole nitrogens is 2. The molecule has 0 spiro atoms. The standard InChI is InChI=1S/C13H10N4O2S/c18-12-5-10(16-17-12)8-1-3-9(4-2-8)15-13(19)11-6-20-7-14-11/h1-7H,(H,15,19)(H2,16,17,18). The Morgan fingerprint density at radius 2 is 2.00 bits per heavy atom. The number of anilines is 1. The van der Waals surface area contributed by atoms with Gasteiger partial charge in [-0.25, -0.2) is 4.98 Å². The first-order valence-electron chi connectivity index (χ1n) is 5.80. The fraction of sp³-hybridized carbons (Fsp3) is 0. The van der Waals surface area contributed by atoms with E-state index in [0.29, 0.717) is 17.1 Å². The molecule has 0 saturated heterocycles. The van der Waals surface area contributed by atoms with Crippen molar-refractivity contribution in [3.8, 4) is 11.3 Å². The highest BCUT2D eigenvalue weighted by atomic mass is 32.1. The van der Waals surface area contributed by atoms with Gasteiger partial charge < -0.3 is 5.32 Å². The van der Waals surface area contributed by atoms with Crippen LogP contribution in [0.15, 0.2) is 46.0 Å². The minimum absolute atomic E-state index is 0.180. The van der Waals surface area contributed by atoms with Crippen LogP contribution in [0.5, 0.6) is 0 Å². The number of nitrogens with one attached hydrogen (secondary N) is 3. The first-order valence-corrected chi connectivity index (χ1v) is 6.74. The van der Waals surface area contributed by atoms with Crippen LogP contribution in [-0.4, -0.2) is 21.1 Å². The highest BCUT2D eigenvalue weighted by Crippen LogP contribution is 2.18. The molecule has 0 fully saturated rings. The molecule has 100 valence electrons. The van der Waals surface area contributed by atoms with E-state index in [2.05, 4.69) is 20.5 Å². The highest BCUT2D eigenvalue weighted by molar-refractivity contribution is 7.07. The second-order valence-electron chi connectivity index (χ2n) is 4.08. The Morgan fingerprint density at radius 1 is 1.20 bits per heavy atom. The van der Waals surface area contributed by atoms with Crippen molar-refractivity contribution in [3.05, 3.63) is 57.3 Å². The van der Waals surface area contributed by atoms with Crippen molar-refractivity contribution in [2.45, 2.75) is 0 Å². The van der Waals surface area contributed by atoms with Gasteiger partial charge >= 0.3 is 0 Å². The van der Waals surface area contributed by atoms with Crippen LogP contribution in [-0.2, 0) is 0 Å². The lowest BCUT2D eigenvalue weighted by atomic mass is 10.1. The number of thiazole rings is 1. The maximum Gasteiger partial charge on any atom is 0.275 e. The van der Waals surface area contributed by atoms with Crippen LogP contribution in [0.1, 0.15) is 10.5 Å². The van der Waals surface area contributed by atoms with E-state index in [9.17, 15) is 9.59 Å². The van der Waals surface area contributed by atoms with Crippen LogP contribution < -0.4 is 10.9 Å². The summed E-state index contributed by atoms with van der Waals surface area (Å²) in [5.74, 6) is -0.242. The second kappa shape index (κ2) is 5.14. The van der Waals surface area contributed by atoms with E-state index in [1.807, 2.05) is 12.1 Å². The molecule has 0 atom stereocenters. The van der Waals surface area contributed by atoms with Gasteiger partial charge in [-0.3, -0.25) is 19.8 Å². The molecule has 0 aliphatic carbocycles. The van der Waals surface area contributed by atoms with Crippen molar-refractivity contribution < 1.29 is 4.79 Å². The second-order valence-corrected chi connectivity index (χ2v) is 4.80.